The molecule has 0 aliphatic heterocycles. The molecule has 21 heavy (non-hydrogen) atoms. The quantitative estimate of drug-likeness (QED) is 0.730. The first-order valence-corrected chi connectivity index (χ1v) is 7.20. The van der Waals surface area contributed by atoms with E-state index in [0.29, 0.717) is 15.3 Å². The van der Waals surface area contributed by atoms with Gasteiger partial charge in [-0.05, 0) is 12.1 Å². The molecule has 2 rings (SSSR count). The highest BCUT2D eigenvalue weighted by molar-refractivity contribution is 7.17. The molecule has 6 nitrogen and oxygen atoms in total. The molecule has 0 aromatic carbocycles. The summed E-state index contributed by atoms with van der Waals surface area (Å²) in [4.78, 5) is 23.3. The Hall–Kier alpha value is -2.81. The number of carbonyl (C=O) groups is 2. The molecule has 0 aliphatic rings. The van der Waals surface area contributed by atoms with Crippen LogP contribution >= 0.6 is 22.7 Å². The van der Waals surface area contributed by atoms with Crippen molar-refractivity contribution in [2.24, 2.45) is 11.5 Å². The lowest BCUT2D eigenvalue weighted by Crippen LogP contribution is -2.21. The van der Waals surface area contributed by atoms with Crippen LogP contribution in [0.4, 0.5) is 9.80 Å². The number of carbonyl (C=O) groups excluding carboxylic acids is 2. The van der Waals surface area contributed by atoms with Crippen LogP contribution in [0.3, 0.4) is 0 Å². The zero-order valence-electron chi connectivity index (χ0n) is 10.5. The first-order chi connectivity index (χ1) is 9.99. The minimum atomic E-state index is -0.782. The number of nitrogens with zero attached hydrogens (tertiary/aromatic N) is 1. The minimum Gasteiger partial charge on any atom is -0.366 e. The van der Waals surface area contributed by atoms with Crippen molar-refractivity contribution in [2.45, 2.75) is 0 Å². The maximum Gasteiger partial charge on any atom is 0.317 e. The summed E-state index contributed by atoms with van der Waals surface area (Å²) in [5.74, 6) is 5.05. The number of primary amides is 2. The summed E-state index contributed by atoms with van der Waals surface area (Å²) in [5.41, 5.74) is 11.1. The summed E-state index contributed by atoms with van der Waals surface area (Å²) >= 11 is 2.40. The van der Waals surface area contributed by atoms with E-state index in [9.17, 15) is 9.59 Å². The van der Waals surface area contributed by atoms with Crippen molar-refractivity contribution in [2.75, 3.05) is 5.32 Å². The number of hydrogen-bond acceptors (Lipinski definition) is 5. The highest BCUT2D eigenvalue weighted by atomic mass is 32.1. The minimum absolute atomic E-state index is 0.158. The van der Waals surface area contributed by atoms with Crippen LogP contribution in [-0.4, -0.2) is 11.9 Å². The Kier molecular flexibility index (Phi) is 4.24. The molecule has 0 saturated carbocycles. The van der Waals surface area contributed by atoms with Crippen molar-refractivity contribution < 1.29 is 9.59 Å². The predicted molar refractivity (Wildman–Crippen MR) is 81.1 cm³/mol. The number of nitrogens with one attached hydrogen (secondary N) is 1. The SMILES string of the molecule is N#Cc1cc(C#Cc2cc(C(N)=O)c(NC(N)=O)s2)cs1. The lowest BCUT2D eigenvalue weighted by Gasteiger charge is -1.98. The van der Waals surface area contributed by atoms with Gasteiger partial charge in [0.15, 0.2) is 0 Å². The number of thiophene rings is 2. The number of nitrogens with two attached hydrogens (primary N) is 2. The normalized spacial score (nSPS) is 9.29. The molecule has 5 N–H and O–H groups in total. The van der Waals surface area contributed by atoms with E-state index in [2.05, 4.69) is 17.2 Å². The second-order valence-corrected chi connectivity index (χ2v) is 5.73. The van der Waals surface area contributed by atoms with Gasteiger partial charge >= 0.3 is 6.03 Å². The van der Waals surface area contributed by atoms with Crippen molar-refractivity contribution >= 4 is 39.6 Å². The van der Waals surface area contributed by atoms with Crippen LogP contribution in [0, 0.1) is 23.2 Å². The van der Waals surface area contributed by atoms with Gasteiger partial charge < -0.3 is 11.5 Å². The number of nitriles is 1. The lowest BCUT2D eigenvalue weighted by atomic mass is 10.2. The highest BCUT2D eigenvalue weighted by Gasteiger charge is 2.14. The van der Waals surface area contributed by atoms with E-state index in [-0.39, 0.29) is 10.6 Å². The van der Waals surface area contributed by atoms with Gasteiger partial charge in [-0.15, -0.1) is 22.7 Å². The molecule has 0 fully saturated rings. The molecule has 0 aliphatic carbocycles. The molecule has 0 bridgehead atoms. The predicted octanol–water partition coefficient (Wildman–Crippen LogP) is 1.67. The molecule has 0 radical (unpaired) electrons. The molecule has 104 valence electrons. The standard InChI is InChI=1S/C13H8N4O2S2/c14-5-9-3-7(6-20-9)1-2-8-4-10(11(15)18)12(21-8)17-13(16)19/h3-4,6H,(H2,15,18)(H3,16,17,19). The van der Waals surface area contributed by atoms with Gasteiger partial charge in [0, 0.05) is 10.9 Å². The molecule has 0 spiro atoms. The maximum absolute atomic E-state index is 11.3. The van der Waals surface area contributed by atoms with Crippen molar-refractivity contribution in [1.82, 2.24) is 0 Å². The zero-order chi connectivity index (χ0) is 15.4. The fraction of sp³-hybridized carbons (Fsp3) is 0. The van der Waals surface area contributed by atoms with Gasteiger partial charge in [-0.25, -0.2) is 4.79 Å². The molecule has 8 heteroatoms. The lowest BCUT2D eigenvalue weighted by molar-refractivity contribution is 0.100. The molecular weight excluding hydrogens is 308 g/mol. The number of anilines is 1. The van der Waals surface area contributed by atoms with E-state index in [1.54, 1.807) is 11.4 Å². The third-order valence-corrected chi connectivity index (χ3v) is 4.07. The van der Waals surface area contributed by atoms with Crippen molar-refractivity contribution in [3.05, 3.63) is 38.4 Å². The Labute approximate surface area is 128 Å². The van der Waals surface area contributed by atoms with Crippen molar-refractivity contribution in [1.29, 1.82) is 5.26 Å². The molecule has 2 aromatic rings. The fourth-order valence-electron chi connectivity index (χ4n) is 1.43. The zero-order valence-corrected chi connectivity index (χ0v) is 12.1. The summed E-state index contributed by atoms with van der Waals surface area (Å²) < 4.78 is 0. The topological polar surface area (TPSA) is 122 Å². The van der Waals surface area contributed by atoms with Crippen LogP contribution in [0.5, 0.6) is 0 Å². The molecule has 0 saturated heterocycles. The van der Waals surface area contributed by atoms with Crippen LogP contribution in [0.15, 0.2) is 17.5 Å². The van der Waals surface area contributed by atoms with Crippen LogP contribution in [-0.2, 0) is 0 Å². The van der Waals surface area contributed by atoms with E-state index in [1.165, 1.54) is 17.4 Å². The Balaban J connectivity index is 2.31. The molecule has 2 aromatic heterocycles. The van der Waals surface area contributed by atoms with Crippen LogP contribution in [0.2, 0.25) is 0 Å². The van der Waals surface area contributed by atoms with Gasteiger partial charge in [0.25, 0.3) is 5.91 Å². The molecular formula is C13H8N4O2S2. The van der Waals surface area contributed by atoms with Crippen molar-refractivity contribution in [3.63, 3.8) is 0 Å². The summed E-state index contributed by atoms with van der Waals surface area (Å²) in [5, 5.41) is 13.1. The summed E-state index contributed by atoms with van der Waals surface area (Å²) in [6.45, 7) is 0. The average Bonchev–Trinajstić information content (AvgIpc) is 3.02. The van der Waals surface area contributed by atoms with E-state index >= 15 is 0 Å². The summed E-state index contributed by atoms with van der Waals surface area (Å²) in [7, 11) is 0. The van der Waals surface area contributed by atoms with Gasteiger partial charge in [0.1, 0.15) is 15.9 Å². The first kappa shape index (κ1) is 14.6. The van der Waals surface area contributed by atoms with E-state index in [0.717, 1.165) is 11.3 Å². The second kappa shape index (κ2) is 6.09. The van der Waals surface area contributed by atoms with Gasteiger partial charge in [-0.1, -0.05) is 11.8 Å². The number of hydrogen-bond donors (Lipinski definition) is 3. The van der Waals surface area contributed by atoms with Crippen LogP contribution < -0.4 is 16.8 Å². The summed E-state index contributed by atoms with van der Waals surface area (Å²) in [6.07, 6.45) is 0. The first-order valence-electron chi connectivity index (χ1n) is 5.50. The van der Waals surface area contributed by atoms with Crippen molar-refractivity contribution in [3.8, 4) is 17.9 Å². The monoisotopic (exact) mass is 316 g/mol. The van der Waals surface area contributed by atoms with E-state index in [4.69, 9.17) is 16.7 Å². The third-order valence-electron chi connectivity index (χ3n) is 2.27. The Morgan fingerprint density at radius 1 is 1.19 bits per heavy atom. The van der Waals surface area contributed by atoms with Gasteiger partial charge in [0.2, 0.25) is 0 Å². The van der Waals surface area contributed by atoms with E-state index < -0.39 is 11.9 Å². The molecule has 0 atom stereocenters. The molecule has 0 unspecified atom stereocenters. The van der Waals surface area contributed by atoms with Gasteiger partial charge in [-0.3, -0.25) is 10.1 Å². The third kappa shape index (κ3) is 3.60. The molecule has 2 heterocycles. The fourth-order valence-corrected chi connectivity index (χ4v) is 2.98. The van der Waals surface area contributed by atoms with Gasteiger partial charge in [0.05, 0.1) is 10.4 Å². The molecule has 3 amide bonds. The Bertz CT molecular complexity index is 817. The number of rotatable bonds is 2. The van der Waals surface area contributed by atoms with Crippen LogP contribution in [0.25, 0.3) is 0 Å². The van der Waals surface area contributed by atoms with E-state index in [1.807, 2.05) is 6.07 Å². The Morgan fingerprint density at radius 2 is 1.95 bits per heavy atom. The smallest absolute Gasteiger partial charge is 0.317 e. The highest BCUT2D eigenvalue weighted by Crippen LogP contribution is 2.27. The van der Waals surface area contributed by atoms with Crippen LogP contribution in [0.1, 0.15) is 25.7 Å². The maximum atomic E-state index is 11.3. The number of amides is 3. The second-order valence-electron chi connectivity index (χ2n) is 3.77. The Morgan fingerprint density at radius 3 is 2.52 bits per heavy atom. The van der Waals surface area contributed by atoms with Gasteiger partial charge in [-0.2, -0.15) is 5.26 Å². The number of urea groups is 1. The largest absolute Gasteiger partial charge is 0.366 e. The summed E-state index contributed by atoms with van der Waals surface area (Å²) in [6, 6.07) is 4.40. The average molecular weight is 316 g/mol.